The third kappa shape index (κ3) is 5.36. The molecule has 11 heteroatoms. The van der Waals surface area contributed by atoms with E-state index in [1.807, 2.05) is 24.3 Å². The zero-order valence-electron chi connectivity index (χ0n) is 20.4. The molecule has 1 amide bonds. The summed E-state index contributed by atoms with van der Waals surface area (Å²) in [5.74, 6) is -0.847. The number of azo groups is 1. The van der Waals surface area contributed by atoms with E-state index in [-0.39, 0.29) is 28.5 Å². The summed E-state index contributed by atoms with van der Waals surface area (Å²) in [6.07, 6.45) is 3.43. The van der Waals surface area contributed by atoms with Gasteiger partial charge in [-0.15, -0.1) is 10.2 Å². The van der Waals surface area contributed by atoms with E-state index in [9.17, 15) is 20.0 Å². The van der Waals surface area contributed by atoms with Crippen molar-refractivity contribution in [2.75, 3.05) is 18.4 Å². The molecule has 0 bridgehead atoms. The molecule has 2 heterocycles. The molecule has 1 fully saturated rings. The molecule has 3 aromatic carbocycles. The van der Waals surface area contributed by atoms with Gasteiger partial charge in [-0.2, -0.15) is 0 Å². The number of benzene rings is 3. The maximum atomic E-state index is 12.9. The molecule has 38 heavy (non-hydrogen) atoms. The number of carbonyl (C=O) groups excluding carboxylic acids is 1. The minimum absolute atomic E-state index is 0.00125. The first-order valence-corrected chi connectivity index (χ1v) is 12.6. The van der Waals surface area contributed by atoms with Crippen molar-refractivity contribution >= 4 is 51.2 Å². The molecule has 1 saturated heterocycles. The summed E-state index contributed by atoms with van der Waals surface area (Å²) in [7, 11) is 0. The van der Waals surface area contributed by atoms with E-state index in [0.717, 1.165) is 37.5 Å². The van der Waals surface area contributed by atoms with Crippen molar-refractivity contribution < 1.29 is 14.8 Å². The van der Waals surface area contributed by atoms with Crippen LogP contribution in [-0.4, -0.2) is 38.5 Å². The zero-order chi connectivity index (χ0) is 26.6. The van der Waals surface area contributed by atoms with Crippen LogP contribution in [0.15, 0.2) is 77.0 Å². The quantitative estimate of drug-likeness (QED) is 0.150. The smallest absolute Gasteiger partial charge is 0.295 e. The Balaban J connectivity index is 1.41. The van der Waals surface area contributed by atoms with Crippen LogP contribution in [0.3, 0.4) is 0 Å². The molecular formula is C27H25ClN6O4. The molecule has 0 atom stereocenters. The average molecular weight is 533 g/mol. The van der Waals surface area contributed by atoms with Gasteiger partial charge in [-0.1, -0.05) is 36.2 Å². The van der Waals surface area contributed by atoms with E-state index in [4.69, 9.17) is 11.6 Å². The number of hydrogen-bond donors (Lipinski definition) is 2. The number of likely N-dealkylation sites (tertiary alicyclic amines) is 1. The number of carbonyl (C=O) groups is 1. The van der Waals surface area contributed by atoms with Gasteiger partial charge in [0.25, 0.3) is 11.6 Å². The normalized spacial score (nSPS) is 14.2. The Bertz CT molecular complexity index is 1530. The number of halogens is 1. The Morgan fingerprint density at radius 2 is 1.79 bits per heavy atom. The highest BCUT2D eigenvalue weighted by Crippen LogP contribution is 2.39. The van der Waals surface area contributed by atoms with Crippen LogP contribution in [-0.2, 0) is 6.67 Å². The van der Waals surface area contributed by atoms with E-state index >= 15 is 0 Å². The highest BCUT2D eigenvalue weighted by Gasteiger charge is 2.21. The summed E-state index contributed by atoms with van der Waals surface area (Å²) in [4.78, 5) is 26.3. The molecular weight excluding hydrogens is 508 g/mol. The monoisotopic (exact) mass is 532 g/mol. The van der Waals surface area contributed by atoms with E-state index in [1.54, 1.807) is 28.8 Å². The largest absolute Gasteiger partial charge is 0.493 e. The second-order valence-corrected chi connectivity index (χ2v) is 9.50. The predicted molar refractivity (Wildman–Crippen MR) is 146 cm³/mol. The molecule has 0 aliphatic carbocycles. The van der Waals surface area contributed by atoms with E-state index < -0.39 is 10.8 Å². The average Bonchev–Trinajstić information content (AvgIpc) is 3.19. The van der Waals surface area contributed by atoms with Crippen LogP contribution < -0.4 is 5.32 Å². The summed E-state index contributed by atoms with van der Waals surface area (Å²) >= 11 is 5.90. The van der Waals surface area contributed by atoms with Gasteiger partial charge in [-0.3, -0.25) is 24.4 Å². The van der Waals surface area contributed by atoms with Crippen LogP contribution in [0, 0.1) is 10.1 Å². The lowest BCUT2D eigenvalue weighted by Crippen LogP contribution is -2.31. The second-order valence-electron chi connectivity index (χ2n) is 9.06. The fourth-order valence-electron chi connectivity index (χ4n) is 4.58. The Morgan fingerprint density at radius 3 is 2.53 bits per heavy atom. The predicted octanol–water partition coefficient (Wildman–Crippen LogP) is 7.02. The number of fused-ring (bicyclic) bond motifs is 1. The Hall–Kier alpha value is -4.28. The van der Waals surface area contributed by atoms with Crippen molar-refractivity contribution in [3.63, 3.8) is 0 Å². The number of aromatic nitrogens is 1. The van der Waals surface area contributed by atoms with Gasteiger partial charge in [0, 0.05) is 22.2 Å². The van der Waals surface area contributed by atoms with Gasteiger partial charge < -0.3 is 10.4 Å². The van der Waals surface area contributed by atoms with Gasteiger partial charge >= 0.3 is 0 Å². The summed E-state index contributed by atoms with van der Waals surface area (Å²) in [5, 5.41) is 34.8. The van der Waals surface area contributed by atoms with Gasteiger partial charge in [-0.05, 0) is 68.4 Å². The van der Waals surface area contributed by atoms with Crippen molar-refractivity contribution in [2.24, 2.45) is 10.2 Å². The summed E-state index contributed by atoms with van der Waals surface area (Å²) in [5.41, 5.74) is 1.49. The number of nitro benzene ring substituents is 1. The molecule has 0 spiro atoms. The number of rotatable bonds is 7. The van der Waals surface area contributed by atoms with Crippen molar-refractivity contribution in [3.05, 3.63) is 87.4 Å². The van der Waals surface area contributed by atoms with Gasteiger partial charge in [0.1, 0.15) is 5.69 Å². The third-order valence-corrected chi connectivity index (χ3v) is 6.76. The maximum absolute atomic E-state index is 12.9. The molecule has 0 saturated carbocycles. The first-order valence-electron chi connectivity index (χ1n) is 12.2. The molecule has 1 aliphatic heterocycles. The lowest BCUT2D eigenvalue weighted by atomic mass is 10.1. The number of anilines is 2. The highest BCUT2D eigenvalue weighted by atomic mass is 35.5. The van der Waals surface area contributed by atoms with Crippen molar-refractivity contribution in [1.29, 1.82) is 0 Å². The first-order chi connectivity index (χ1) is 18.4. The van der Waals surface area contributed by atoms with Crippen LogP contribution in [0.4, 0.5) is 22.7 Å². The number of piperidine rings is 1. The minimum atomic E-state index is -0.765. The lowest BCUT2D eigenvalue weighted by Gasteiger charge is -2.27. The fraction of sp³-hybridized carbons (Fsp3) is 0.222. The summed E-state index contributed by atoms with van der Waals surface area (Å²) in [6, 6.07) is 18.1. The second kappa shape index (κ2) is 11.0. The van der Waals surface area contributed by atoms with E-state index in [1.165, 1.54) is 18.6 Å². The Kier molecular flexibility index (Phi) is 7.34. The summed E-state index contributed by atoms with van der Waals surface area (Å²) in [6.45, 7) is 2.40. The van der Waals surface area contributed by atoms with Crippen molar-refractivity contribution in [3.8, 4) is 5.88 Å². The van der Waals surface area contributed by atoms with Crippen LogP contribution in [0.1, 0.15) is 29.6 Å². The first kappa shape index (κ1) is 25.4. The van der Waals surface area contributed by atoms with Gasteiger partial charge in [0.2, 0.25) is 5.88 Å². The fourth-order valence-corrected chi connectivity index (χ4v) is 4.70. The molecule has 2 N–H and O–H groups in total. The maximum Gasteiger partial charge on any atom is 0.295 e. The molecule has 0 radical (unpaired) electrons. The molecule has 0 unspecified atom stereocenters. The number of nitrogens with one attached hydrogen (secondary N) is 1. The van der Waals surface area contributed by atoms with E-state index in [0.29, 0.717) is 22.8 Å². The topological polar surface area (TPSA) is 125 Å². The SMILES string of the molecule is O=C(N=Nc1c(O)n(CN2CCCCC2)c2ccccc12)c1ccc(Nc2ccc(Cl)cc2)c([N+](=O)[O-])c1. The Morgan fingerprint density at radius 1 is 1.05 bits per heavy atom. The van der Waals surface area contributed by atoms with Crippen LogP contribution in [0.5, 0.6) is 5.88 Å². The molecule has 1 aliphatic rings. The molecule has 194 valence electrons. The standard InChI is InChI=1S/C27H25ClN6O4/c28-19-9-11-20(12-10-19)29-22-13-8-18(16-24(22)34(37)38)26(35)31-30-25-21-6-2-3-7-23(21)33(27(25)36)17-32-14-4-1-5-15-32/h2-3,6-13,16,29,36H,1,4-5,14-15,17H2. The number of nitro groups is 1. The molecule has 10 nitrogen and oxygen atoms in total. The lowest BCUT2D eigenvalue weighted by molar-refractivity contribution is -0.383. The van der Waals surface area contributed by atoms with E-state index in [2.05, 4.69) is 20.4 Å². The zero-order valence-corrected chi connectivity index (χ0v) is 21.1. The molecule has 4 aromatic rings. The molecule has 5 rings (SSSR count). The van der Waals surface area contributed by atoms with Crippen molar-refractivity contribution in [2.45, 2.75) is 25.9 Å². The van der Waals surface area contributed by atoms with Gasteiger partial charge in [0.05, 0.1) is 22.7 Å². The van der Waals surface area contributed by atoms with Gasteiger partial charge in [-0.25, -0.2) is 0 Å². The number of nitrogens with zero attached hydrogens (tertiary/aromatic N) is 5. The number of para-hydroxylation sites is 1. The highest BCUT2D eigenvalue weighted by molar-refractivity contribution is 6.30. The van der Waals surface area contributed by atoms with Crippen LogP contribution in [0.2, 0.25) is 5.02 Å². The summed E-state index contributed by atoms with van der Waals surface area (Å²) < 4.78 is 1.77. The van der Waals surface area contributed by atoms with Crippen LogP contribution >= 0.6 is 11.6 Å². The number of amides is 1. The van der Waals surface area contributed by atoms with Crippen LogP contribution in [0.25, 0.3) is 10.9 Å². The third-order valence-electron chi connectivity index (χ3n) is 6.51. The number of hydrogen-bond acceptors (Lipinski definition) is 7. The Labute approximate surface area is 223 Å². The molecule has 1 aromatic heterocycles. The van der Waals surface area contributed by atoms with Crippen molar-refractivity contribution in [1.82, 2.24) is 9.47 Å². The number of aromatic hydroxyl groups is 1. The van der Waals surface area contributed by atoms with Gasteiger partial charge in [0.15, 0.2) is 5.69 Å². The minimum Gasteiger partial charge on any atom is -0.493 e.